The van der Waals surface area contributed by atoms with Crippen LogP contribution in [0.5, 0.6) is 5.75 Å². The molecular formula is C18H28ClNO3. The number of aryl methyl sites for hydroxylation is 1. The molecule has 0 aromatic heterocycles. The van der Waals surface area contributed by atoms with E-state index in [4.69, 9.17) is 9.47 Å². The third kappa shape index (κ3) is 6.40. The lowest BCUT2D eigenvalue weighted by molar-refractivity contribution is -0.149. The van der Waals surface area contributed by atoms with E-state index in [1.165, 1.54) is 5.56 Å². The monoisotopic (exact) mass is 341 g/mol. The summed E-state index contributed by atoms with van der Waals surface area (Å²) in [5, 5.41) is 0. The highest BCUT2D eigenvalue weighted by Gasteiger charge is 2.25. The summed E-state index contributed by atoms with van der Waals surface area (Å²) in [7, 11) is 0. The predicted octanol–water partition coefficient (Wildman–Crippen LogP) is 3.46. The van der Waals surface area contributed by atoms with Crippen molar-refractivity contribution in [3.63, 3.8) is 0 Å². The molecule has 0 atom stereocenters. The first-order valence-electron chi connectivity index (χ1n) is 8.28. The molecule has 0 N–H and O–H groups in total. The van der Waals surface area contributed by atoms with Crippen LogP contribution in [0.2, 0.25) is 0 Å². The maximum Gasteiger partial charge on any atom is 0.309 e. The maximum atomic E-state index is 11.7. The number of rotatable bonds is 7. The molecule has 1 aromatic rings. The Morgan fingerprint density at radius 2 is 1.96 bits per heavy atom. The highest BCUT2D eigenvalue weighted by atomic mass is 35.5. The summed E-state index contributed by atoms with van der Waals surface area (Å²) in [5.74, 6) is 1.05. The van der Waals surface area contributed by atoms with Gasteiger partial charge in [0.05, 0.1) is 19.1 Å². The van der Waals surface area contributed by atoms with Crippen LogP contribution in [0.1, 0.15) is 31.7 Å². The molecule has 4 nitrogen and oxygen atoms in total. The number of halogens is 1. The second kappa shape index (κ2) is 10.5. The van der Waals surface area contributed by atoms with Gasteiger partial charge in [0.15, 0.2) is 0 Å². The van der Waals surface area contributed by atoms with Gasteiger partial charge >= 0.3 is 5.97 Å². The molecule has 0 saturated carbocycles. The molecule has 0 amide bonds. The zero-order valence-electron chi connectivity index (χ0n) is 14.1. The second-order valence-corrected chi connectivity index (χ2v) is 5.84. The topological polar surface area (TPSA) is 38.8 Å². The van der Waals surface area contributed by atoms with E-state index in [0.29, 0.717) is 6.61 Å². The van der Waals surface area contributed by atoms with Gasteiger partial charge in [-0.3, -0.25) is 4.79 Å². The van der Waals surface area contributed by atoms with Crippen LogP contribution in [0.15, 0.2) is 24.3 Å². The van der Waals surface area contributed by atoms with Crippen LogP contribution in [0.3, 0.4) is 0 Å². The first kappa shape index (κ1) is 19.8. The van der Waals surface area contributed by atoms with E-state index in [-0.39, 0.29) is 24.3 Å². The van der Waals surface area contributed by atoms with E-state index >= 15 is 0 Å². The van der Waals surface area contributed by atoms with Crippen LogP contribution < -0.4 is 4.74 Å². The SMILES string of the molecule is CCOC(=O)C1CCN(CCCOc2ccccc2C)CC1.Cl. The largest absolute Gasteiger partial charge is 0.493 e. The van der Waals surface area contributed by atoms with Crippen molar-refractivity contribution in [1.29, 1.82) is 0 Å². The van der Waals surface area contributed by atoms with Crippen molar-refractivity contribution in [3.8, 4) is 5.75 Å². The number of carbonyl (C=O) groups excluding carboxylic acids is 1. The number of benzene rings is 1. The molecule has 2 rings (SSSR count). The minimum absolute atomic E-state index is 0. The van der Waals surface area contributed by atoms with Gasteiger partial charge in [0, 0.05) is 6.54 Å². The molecule has 0 aliphatic carbocycles. The molecule has 0 spiro atoms. The Morgan fingerprint density at radius 1 is 1.26 bits per heavy atom. The Hall–Kier alpha value is -1.26. The number of likely N-dealkylation sites (tertiary alicyclic amines) is 1. The van der Waals surface area contributed by atoms with Crippen molar-refractivity contribution in [1.82, 2.24) is 4.90 Å². The fraction of sp³-hybridized carbons (Fsp3) is 0.611. The van der Waals surface area contributed by atoms with Gasteiger partial charge in [-0.05, 0) is 57.8 Å². The Kier molecular flexibility index (Phi) is 9.03. The first-order valence-corrected chi connectivity index (χ1v) is 8.28. The van der Waals surface area contributed by atoms with Gasteiger partial charge in [0.25, 0.3) is 0 Å². The lowest BCUT2D eigenvalue weighted by Crippen LogP contribution is -2.37. The summed E-state index contributed by atoms with van der Waals surface area (Å²) in [4.78, 5) is 14.1. The molecular weight excluding hydrogens is 314 g/mol. The summed E-state index contributed by atoms with van der Waals surface area (Å²) < 4.78 is 10.9. The first-order chi connectivity index (χ1) is 10.7. The van der Waals surface area contributed by atoms with Gasteiger partial charge in [-0.25, -0.2) is 0 Å². The fourth-order valence-corrected chi connectivity index (χ4v) is 2.84. The molecule has 1 fully saturated rings. The standard InChI is InChI=1S/C18H27NO3.ClH/c1-3-21-18(20)16-9-12-19(13-10-16)11-6-14-22-17-8-5-4-7-15(17)2;/h4-5,7-8,16H,3,6,9-14H2,1-2H3;1H. The Balaban J connectivity index is 0.00000264. The van der Waals surface area contributed by atoms with Gasteiger partial charge in [-0.1, -0.05) is 18.2 Å². The number of esters is 1. The van der Waals surface area contributed by atoms with Crippen LogP contribution in [0, 0.1) is 12.8 Å². The Morgan fingerprint density at radius 3 is 2.61 bits per heavy atom. The van der Waals surface area contributed by atoms with Crippen molar-refractivity contribution in [2.45, 2.75) is 33.1 Å². The Labute approximate surface area is 145 Å². The zero-order valence-corrected chi connectivity index (χ0v) is 14.9. The van der Waals surface area contributed by atoms with Gasteiger partial charge in [0.2, 0.25) is 0 Å². The van der Waals surface area contributed by atoms with Crippen molar-refractivity contribution in [2.75, 3.05) is 32.8 Å². The average molecular weight is 342 g/mol. The minimum atomic E-state index is -0.0231. The molecule has 130 valence electrons. The molecule has 1 aliphatic rings. The zero-order chi connectivity index (χ0) is 15.8. The van der Waals surface area contributed by atoms with E-state index in [9.17, 15) is 4.79 Å². The summed E-state index contributed by atoms with van der Waals surface area (Å²) >= 11 is 0. The Bertz CT molecular complexity index is 473. The van der Waals surface area contributed by atoms with E-state index in [1.54, 1.807) is 0 Å². The number of piperidine rings is 1. The van der Waals surface area contributed by atoms with E-state index < -0.39 is 0 Å². The molecule has 5 heteroatoms. The number of nitrogens with zero attached hydrogens (tertiary/aromatic N) is 1. The van der Waals surface area contributed by atoms with Crippen molar-refractivity contribution >= 4 is 18.4 Å². The van der Waals surface area contributed by atoms with Crippen LogP contribution in [0.4, 0.5) is 0 Å². The number of para-hydroxylation sites is 1. The van der Waals surface area contributed by atoms with Gasteiger partial charge in [0.1, 0.15) is 5.75 Å². The lowest BCUT2D eigenvalue weighted by Gasteiger charge is -2.30. The third-order valence-electron chi connectivity index (χ3n) is 4.18. The van der Waals surface area contributed by atoms with E-state index in [0.717, 1.165) is 51.3 Å². The van der Waals surface area contributed by atoms with Gasteiger partial charge in [-0.15, -0.1) is 12.4 Å². The molecule has 1 saturated heterocycles. The van der Waals surface area contributed by atoms with Crippen LogP contribution >= 0.6 is 12.4 Å². The fourth-order valence-electron chi connectivity index (χ4n) is 2.84. The predicted molar refractivity (Wildman–Crippen MR) is 94.3 cm³/mol. The van der Waals surface area contributed by atoms with E-state index in [2.05, 4.69) is 17.9 Å². The third-order valence-corrected chi connectivity index (χ3v) is 4.18. The number of ether oxygens (including phenoxy) is 2. The highest BCUT2D eigenvalue weighted by molar-refractivity contribution is 5.85. The molecule has 0 radical (unpaired) electrons. The normalized spacial score (nSPS) is 15.7. The van der Waals surface area contributed by atoms with Crippen LogP contribution in [-0.2, 0) is 9.53 Å². The maximum absolute atomic E-state index is 11.7. The molecule has 1 aliphatic heterocycles. The molecule has 1 heterocycles. The lowest BCUT2D eigenvalue weighted by atomic mass is 9.97. The molecule has 0 unspecified atom stereocenters. The minimum Gasteiger partial charge on any atom is -0.493 e. The average Bonchev–Trinajstić information content (AvgIpc) is 2.54. The summed E-state index contributed by atoms with van der Waals surface area (Å²) in [5.41, 5.74) is 1.18. The number of hydrogen-bond donors (Lipinski definition) is 0. The summed E-state index contributed by atoms with van der Waals surface area (Å²) in [6.45, 7) is 8.14. The molecule has 0 bridgehead atoms. The van der Waals surface area contributed by atoms with E-state index in [1.807, 2.05) is 25.1 Å². The summed E-state index contributed by atoms with van der Waals surface area (Å²) in [6.07, 6.45) is 2.84. The number of carbonyl (C=O) groups is 1. The van der Waals surface area contributed by atoms with Crippen molar-refractivity contribution in [2.24, 2.45) is 5.92 Å². The smallest absolute Gasteiger partial charge is 0.309 e. The highest BCUT2D eigenvalue weighted by Crippen LogP contribution is 2.19. The molecule has 23 heavy (non-hydrogen) atoms. The van der Waals surface area contributed by atoms with Crippen LogP contribution in [0.25, 0.3) is 0 Å². The van der Waals surface area contributed by atoms with Gasteiger partial charge < -0.3 is 14.4 Å². The quantitative estimate of drug-likeness (QED) is 0.562. The van der Waals surface area contributed by atoms with Crippen LogP contribution in [-0.4, -0.2) is 43.7 Å². The molecule has 1 aromatic carbocycles. The van der Waals surface area contributed by atoms with Gasteiger partial charge in [-0.2, -0.15) is 0 Å². The number of hydrogen-bond acceptors (Lipinski definition) is 4. The van der Waals surface area contributed by atoms with Crippen molar-refractivity contribution < 1.29 is 14.3 Å². The summed E-state index contributed by atoms with van der Waals surface area (Å²) in [6, 6.07) is 8.11. The van der Waals surface area contributed by atoms with Crippen molar-refractivity contribution in [3.05, 3.63) is 29.8 Å². The second-order valence-electron chi connectivity index (χ2n) is 5.84.